The molecule has 1 saturated carbocycles. The van der Waals surface area contributed by atoms with Gasteiger partial charge >= 0.3 is 0 Å². The number of rotatable bonds is 2. The summed E-state index contributed by atoms with van der Waals surface area (Å²) in [4.78, 5) is 9.12. The fourth-order valence-corrected chi connectivity index (χ4v) is 2.71. The van der Waals surface area contributed by atoms with Crippen LogP contribution in [0.1, 0.15) is 56.1 Å². The van der Waals surface area contributed by atoms with E-state index in [0.717, 1.165) is 29.4 Å². The molecule has 1 aliphatic rings. The molecule has 3 heteroatoms. The van der Waals surface area contributed by atoms with Gasteiger partial charge in [0.2, 0.25) is 0 Å². The predicted molar refractivity (Wildman–Crippen MR) is 66.9 cm³/mol. The maximum absolute atomic E-state index is 6.16. The van der Waals surface area contributed by atoms with E-state index >= 15 is 0 Å². The number of aryl methyl sites for hydroxylation is 1. The predicted octanol–water partition coefficient (Wildman–Crippen LogP) is 3.90. The van der Waals surface area contributed by atoms with Crippen molar-refractivity contribution in [2.24, 2.45) is 5.92 Å². The van der Waals surface area contributed by atoms with Crippen LogP contribution in [-0.2, 0) is 6.42 Å². The first-order chi connectivity index (χ1) is 7.61. The Kier molecular flexibility index (Phi) is 3.48. The first-order valence-electron chi connectivity index (χ1n) is 6.14. The molecule has 1 heterocycles. The van der Waals surface area contributed by atoms with E-state index in [1.807, 2.05) is 6.92 Å². The summed E-state index contributed by atoms with van der Waals surface area (Å²) in [6, 6.07) is 0. The fraction of sp³-hybridized carbons (Fsp3) is 0.692. The first-order valence-corrected chi connectivity index (χ1v) is 6.52. The van der Waals surface area contributed by atoms with Crippen LogP contribution in [-0.4, -0.2) is 9.97 Å². The summed E-state index contributed by atoms with van der Waals surface area (Å²) >= 11 is 6.16. The van der Waals surface area contributed by atoms with Crippen molar-refractivity contribution >= 4 is 11.6 Å². The smallest absolute Gasteiger partial charge is 0.135 e. The van der Waals surface area contributed by atoms with E-state index < -0.39 is 0 Å². The molecule has 2 unspecified atom stereocenters. The first kappa shape index (κ1) is 11.8. The summed E-state index contributed by atoms with van der Waals surface area (Å²) in [5.74, 6) is 2.30. The molecule has 1 aromatic rings. The van der Waals surface area contributed by atoms with Crippen LogP contribution in [0.15, 0.2) is 0 Å². The molecule has 1 aliphatic carbocycles. The average molecular weight is 239 g/mol. The minimum Gasteiger partial charge on any atom is -0.237 e. The highest BCUT2D eigenvalue weighted by molar-refractivity contribution is 6.30. The van der Waals surface area contributed by atoms with E-state index in [1.165, 1.54) is 19.3 Å². The Hall–Kier alpha value is -0.630. The molecule has 0 aliphatic heterocycles. The summed E-state index contributed by atoms with van der Waals surface area (Å²) in [5, 5.41) is 0.640. The molecule has 0 saturated heterocycles. The minimum atomic E-state index is 0.526. The van der Waals surface area contributed by atoms with Gasteiger partial charge in [0.15, 0.2) is 0 Å². The largest absolute Gasteiger partial charge is 0.237 e. The van der Waals surface area contributed by atoms with Gasteiger partial charge in [-0.25, -0.2) is 9.97 Å². The van der Waals surface area contributed by atoms with E-state index in [2.05, 4.69) is 23.8 Å². The van der Waals surface area contributed by atoms with Gasteiger partial charge in [-0.05, 0) is 38.5 Å². The Bertz CT molecular complexity index is 390. The molecule has 16 heavy (non-hydrogen) atoms. The Morgan fingerprint density at radius 1 is 1.31 bits per heavy atom. The Balaban J connectivity index is 2.31. The van der Waals surface area contributed by atoms with Gasteiger partial charge in [-0.1, -0.05) is 25.4 Å². The molecule has 0 N–H and O–H groups in total. The number of halogens is 1. The lowest BCUT2D eigenvalue weighted by atomic mass is 10.0. The van der Waals surface area contributed by atoms with Crippen LogP contribution in [0.2, 0.25) is 5.15 Å². The van der Waals surface area contributed by atoms with Gasteiger partial charge in [-0.3, -0.25) is 0 Å². The van der Waals surface area contributed by atoms with Crippen LogP contribution < -0.4 is 0 Å². The molecule has 0 spiro atoms. The summed E-state index contributed by atoms with van der Waals surface area (Å²) in [5.41, 5.74) is 2.15. The SMILES string of the molecule is CCc1nc(C2CCC(C)C2)nc(Cl)c1C. The van der Waals surface area contributed by atoms with E-state index in [4.69, 9.17) is 11.6 Å². The molecule has 0 aromatic carbocycles. The van der Waals surface area contributed by atoms with Crippen molar-refractivity contribution in [2.45, 2.75) is 52.4 Å². The molecule has 1 aromatic heterocycles. The van der Waals surface area contributed by atoms with Crippen LogP contribution in [0, 0.1) is 12.8 Å². The lowest BCUT2D eigenvalue weighted by Crippen LogP contribution is -2.06. The van der Waals surface area contributed by atoms with Crippen molar-refractivity contribution in [2.75, 3.05) is 0 Å². The van der Waals surface area contributed by atoms with Gasteiger partial charge in [0, 0.05) is 17.2 Å². The van der Waals surface area contributed by atoms with Crippen LogP contribution in [0.25, 0.3) is 0 Å². The molecular weight excluding hydrogens is 220 g/mol. The van der Waals surface area contributed by atoms with Gasteiger partial charge in [0.1, 0.15) is 11.0 Å². The molecule has 2 rings (SSSR count). The molecule has 2 nitrogen and oxygen atoms in total. The quantitative estimate of drug-likeness (QED) is 0.731. The van der Waals surface area contributed by atoms with Gasteiger partial charge < -0.3 is 0 Å². The highest BCUT2D eigenvalue weighted by Crippen LogP contribution is 2.37. The normalized spacial score (nSPS) is 25.0. The van der Waals surface area contributed by atoms with Crippen molar-refractivity contribution in [3.05, 3.63) is 22.2 Å². The Labute approximate surface area is 102 Å². The second-order valence-electron chi connectivity index (χ2n) is 4.91. The van der Waals surface area contributed by atoms with Crippen LogP contribution >= 0.6 is 11.6 Å². The molecule has 0 radical (unpaired) electrons. The van der Waals surface area contributed by atoms with Gasteiger partial charge in [0.05, 0.1) is 0 Å². The topological polar surface area (TPSA) is 25.8 Å². The zero-order valence-corrected chi connectivity index (χ0v) is 11.0. The molecule has 0 amide bonds. The standard InChI is InChI=1S/C13H19ClN2/c1-4-11-9(3)12(14)16-13(15-11)10-6-5-8(2)7-10/h8,10H,4-7H2,1-3H3. The average Bonchev–Trinajstić information content (AvgIpc) is 2.69. The maximum atomic E-state index is 6.16. The second-order valence-corrected chi connectivity index (χ2v) is 5.27. The highest BCUT2D eigenvalue weighted by atomic mass is 35.5. The van der Waals surface area contributed by atoms with Crippen LogP contribution in [0.5, 0.6) is 0 Å². The molecule has 0 bridgehead atoms. The van der Waals surface area contributed by atoms with E-state index in [-0.39, 0.29) is 0 Å². The monoisotopic (exact) mass is 238 g/mol. The van der Waals surface area contributed by atoms with Crippen molar-refractivity contribution in [1.82, 2.24) is 9.97 Å². The number of nitrogens with zero attached hydrogens (tertiary/aromatic N) is 2. The van der Waals surface area contributed by atoms with E-state index in [9.17, 15) is 0 Å². The third-order valence-corrected chi connectivity index (χ3v) is 3.97. The fourth-order valence-electron chi connectivity index (χ4n) is 2.52. The molecular formula is C13H19ClN2. The molecule has 88 valence electrons. The third-order valence-electron chi connectivity index (χ3n) is 3.60. The van der Waals surface area contributed by atoms with Crippen molar-refractivity contribution < 1.29 is 0 Å². The van der Waals surface area contributed by atoms with E-state index in [0.29, 0.717) is 11.1 Å². The highest BCUT2D eigenvalue weighted by Gasteiger charge is 2.25. The number of hydrogen-bond donors (Lipinski definition) is 0. The summed E-state index contributed by atoms with van der Waals surface area (Å²) in [7, 11) is 0. The van der Waals surface area contributed by atoms with Gasteiger partial charge in [-0.15, -0.1) is 0 Å². The van der Waals surface area contributed by atoms with Gasteiger partial charge in [0.25, 0.3) is 0 Å². The van der Waals surface area contributed by atoms with Crippen molar-refractivity contribution in [3.8, 4) is 0 Å². The number of aromatic nitrogens is 2. The lowest BCUT2D eigenvalue weighted by molar-refractivity contribution is 0.583. The summed E-state index contributed by atoms with van der Waals surface area (Å²) in [6.07, 6.45) is 4.65. The van der Waals surface area contributed by atoms with Crippen molar-refractivity contribution in [3.63, 3.8) is 0 Å². The molecule has 2 atom stereocenters. The third kappa shape index (κ3) is 2.22. The van der Waals surface area contributed by atoms with Crippen LogP contribution in [0.4, 0.5) is 0 Å². The van der Waals surface area contributed by atoms with Crippen LogP contribution in [0.3, 0.4) is 0 Å². The zero-order valence-electron chi connectivity index (χ0n) is 10.3. The maximum Gasteiger partial charge on any atom is 0.135 e. The Morgan fingerprint density at radius 2 is 2.06 bits per heavy atom. The van der Waals surface area contributed by atoms with E-state index in [1.54, 1.807) is 0 Å². The minimum absolute atomic E-state index is 0.526. The summed E-state index contributed by atoms with van der Waals surface area (Å²) in [6.45, 7) is 6.42. The van der Waals surface area contributed by atoms with Gasteiger partial charge in [-0.2, -0.15) is 0 Å². The van der Waals surface area contributed by atoms with Crippen molar-refractivity contribution in [1.29, 1.82) is 0 Å². The molecule has 1 fully saturated rings. The lowest BCUT2D eigenvalue weighted by Gasteiger charge is -2.12. The zero-order chi connectivity index (χ0) is 11.7. The number of hydrogen-bond acceptors (Lipinski definition) is 2. The Morgan fingerprint density at radius 3 is 2.62 bits per heavy atom. The summed E-state index contributed by atoms with van der Waals surface area (Å²) < 4.78 is 0. The second kappa shape index (κ2) is 4.70.